The third-order valence-corrected chi connectivity index (χ3v) is 7.16. The average Bonchev–Trinajstić information content (AvgIpc) is 3.34. The fourth-order valence-electron chi connectivity index (χ4n) is 3.69. The maximum atomic E-state index is 13.8. The third-order valence-electron chi connectivity index (χ3n) is 5.53. The number of esters is 1. The lowest BCUT2D eigenvalue weighted by Gasteiger charge is -2.24. The summed E-state index contributed by atoms with van der Waals surface area (Å²) in [5.74, 6) is -0.347. The van der Waals surface area contributed by atoms with Gasteiger partial charge in [-0.2, -0.15) is 5.09 Å². The van der Waals surface area contributed by atoms with Gasteiger partial charge in [0.1, 0.15) is 18.4 Å². The van der Waals surface area contributed by atoms with Gasteiger partial charge in [-0.25, -0.2) is 9.36 Å². The van der Waals surface area contributed by atoms with Gasteiger partial charge in [-0.15, -0.1) is 0 Å². The van der Waals surface area contributed by atoms with E-state index in [0.29, 0.717) is 10.9 Å². The van der Waals surface area contributed by atoms with Crippen LogP contribution in [-0.4, -0.2) is 47.7 Å². The number of carbonyl (C=O) groups is 1. The normalized spacial score (nSPS) is 19.9. The minimum Gasteiger partial charge on any atom is -0.465 e. The molecule has 37 heavy (non-hydrogen) atoms. The molecule has 0 spiro atoms. The van der Waals surface area contributed by atoms with Gasteiger partial charge in [-0.05, 0) is 32.2 Å². The summed E-state index contributed by atoms with van der Waals surface area (Å²) in [5, 5.41) is 4.16. The summed E-state index contributed by atoms with van der Waals surface area (Å²) in [6.07, 6.45) is -0.468. The number of fused-ring (bicyclic) bond motifs is 1. The molecule has 0 radical (unpaired) electrons. The first kappa shape index (κ1) is 26.8. The lowest BCUT2D eigenvalue weighted by Crippen LogP contribution is -2.36. The van der Waals surface area contributed by atoms with E-state index < -0.39 is 43.5 Å². The maximum absolute atomic E-state index is 13.8. The van der Waals surface area contributed by atoms with E-state index >= 15 is 0 Å². The molecule has 4 atom stereocenters. The molecule has 13 heteroatoms. The van der Waals surface area contributed by atoms with Crippen LogP contribution in [0.5, 0.6) is 5.75 Å². The van der Waals surface area contributed by atoms with Crippen LogP contribution >= 0.6 is 7.75 Å². The first-order valence-electron chi connectivity index (χ1n) is 11.6. The molecule has 12 nitrogen and oxygen atoms in total. The molecule has 1 aliphatic rings. The molecule has 1 unspecified atom stereocenters. The molecule has 2 N–H and O–H groups in total. The Bertz CT molecular complexity index is 1430. The number of carbonyl (C=O) groups excluding carboxylic acids is 1. The fourth-order valence-corrected chi connectivity index (χ4v) is 5.18. The van der Waals surface area contributed by atoms with Gasteiger partial charge < -0.3 is 18.7 Å². The standard InChI is InChI=1S/C24H28N3O9P/c1-4-32-23(29)16(3)26-37(31,36-19-11-7-9-17-8-5-6-10-18(17)19)34-14-21-33-13-20(35-21)27-12-15(2)22(28)25-24(27)30/h5-12,16,20-21H,4,13-14H2,1-3H3,(H,26,31)(H,25,28,30)/t16-,20-,21+,37?/m0/s1. The summed E-state index contributed by atoms with van der Waals surface area (Å²) < 4.78 is 42.8. The largest absolute Gasteiger partial charge is 0.465 e. The van der Waals surface area contributed by atoms with Crippen molar-refractivity contribution in [3.63, 3.8) is 0 Å². The third kappa shape index (κ3) is 6.35. The van der Waals surface area contributed by atoms with E-state index in [0.717, 1.165) is 5.39 Å². The molecule has 2 heterocycles. The minimum atomic E-state index is -4.17. The zero-order valence-electron chi connectivity index (χ0n) is 20.5. The first-order valence-corrected chi connectivity index (χ1v) is 13.2. The molecule has 0 bridgehead atoms. The topological polar surface area (TPSA) is 147 Å². The van der Waals surface area contributed by atoms with Crippen LogP contribution in [-0.2, 0) is 28.1 Å². The lowest BCUT2D eigenvalue weighted by molar-refractivity contribution is -0.144. The number of hydrogen-bond donors (Lipinski definition) is 2. The molecule has 0 saturated carbocycles. The van der Waals surface area contributed by atoms with Gasteiger partial charge >= 0.3 is 19.4 Å². The number of hydrogen-bond acceptors (Lipinski definition) is 9. The summed E-state index contributed by atoms with van der Waals surface area (Å²) in [4.78, 5) is 38.2. The number of nitrogens with zero attached hydrogens (tertiary/aromatic N) is 1. The van der Waals surface area contributed by atoms with Crippen molar-refractivity contribution in [3.05, 3.63) is 75.1 Å². The average molecular weight is 533 g/mol. The SMILES string of the molecule is CCOC(=O)[C@H](C)NP(=O)(OC[C@@H]1OC[C@@H](n2cc(C)c(=O)[nH]c2=O)O1)Oc1cccc2ccccc12. The number of aryl methyl sites for hydroxylation is 1. The lowest BCUT2D eigenvalue weighted by atomic mass is 10.1. The van der Waals surface area contributed by atoms with Crippen LogP contribution in [0, 0.1) is 6.92 Å². The Morgan fingerprint density at radius 1 is 1.24 bits per heavy atom. The van der Waals surface area contributed by atoms with Gasteiger partial charge in [0.25, 0.3) is 5.56 Å². The maximum Gasteiger partial charge on any atom is 0.459 e. The number of benzene rings is 2. The Kier molecular flexibility index (Phi) is 8.25. The highest BCUT2D eigenvalue weighted by Gasteiger charge is 2.36. The van der Waals surface area contributed by atoms with Crippen LogP contribution in [0.25, 0.3) is 10.8 Å². The summed E-state index contributed by atoms with van der Waals surface area (Å²) in [7, 11) is -4.17. The zero-order valence-corrected chi connectivity index (χ0v) is 21.4. The van der Waals surface area contributed by atoms with Crippen molar-refractivity contribution in [1.82, 2.24) is 14.6 Å². The van der Waals surface area contributed by atoms with E-state index in [4.69, 9.17) is 23.3 Å². The smallest absolute Gasteiger partial charge is 0.459 e. The second-order valence-electron chi connectivity index (χ2n) is 8.30. The molecule has 3 aromatic rings. The number of H-pyrrole nitrogens is 1. The minimum absolute atomic E-state index is 0.0133. The van der Waals surface area contributed by atoms with E-state index in [2.05, 4.69) is 10.1 Å². The molecule has 0 amide bonds. The summed E-state index contributed by atoms with van der Waals surface area (Å²) in [6.45, 7) is 4.48. The molecule has 1 saturated heterocycles. The number of aromatic nitrogens is 2. The van der Waals surface area contributed by atoms with Crippen molar-refractivity contribution in [2.24, 2.45) is 0 Å². The Hall–Kier alpha value is -3.28. The van der Waals surface area contributed by atoms with Gasteiger partial charge in [-0.1, -0.05) is 36.4 Å². The second-order valence-corrected chi connectivity index (χ2v) is 9.99. The zero-order chi connectivity index (χ0) is 26.6. The van der Waals surface area contributed by atoms with Crippen molar-refractivity contribution in [2.45, 2.75) is 39.3 Å². The summed E-state index contributed by atoms with van der Waals surface area (Å²) in [6, 6.07) is 11.6. The molecule has 1 aromatic heterocycles. The molecular weight excluding hydrogens is 505 g/mol. The predicted octanol–water partition coefficient (Wildman–Crippen LogP) is 2.61. The van der Waals surface area contributed by atoms with Crippen molar-refractivity contribution < 1.29 is 32.6 Å². The van der Waals surface area contributed by atoms with Crippen LogP contribution < -0.4 is 20.9 Å². The van der Waals surface area contributed by atoms with E-state index in [1.807, 2.05) is 30.3 Å². The Balaban J connectivity index is 1.51. The Morgan fingerprint density at radius 3 is 2.78 bits per heavy atom. The van der Waals surface area contributed by atoms with E-state index in [1.165, 1.54) is 17.7 Å². The summed E-state index contributed by atoms with van der Waals surface area (Å²) >= 11 is 0. The monoisotopic (exact) mass is 533 g/mol. The van der Waals surface area contributed by atoms with Gasteiger partial charge in [0.05, 0.1) is 13.2 Å². The van der Waals surface area contributed by atoms with Crippen molar-refractivity contribution in [1.29, 1.82) is 0 Å². The molecule has 4 rings (SSSR count). The van der Waals surface area contributed by atoms with E-state index in [1.54, 1.807) is 26.0 Å². The van der Waals surface area contributed by atoms with Crippen LogP contribution in [0.3, 0.4) is 0 Å². The molecule has 0 aliphatic carbocycles. The van der Waals surface area contributed by atoms with Crippen molar-refractivity contribution in [2.75, 3.05) is 19.8 Å². The van der Waals surface area contributed by atoms with E-state index in [-0.39, 0.29) is 25.6 Å². The number of aromatic amines is 1. The Labute approximate surface area is 212 Å². The van der Waals surface area contributed by atoms with E-state index in [9.17, 15) is 18.9 Å². The van der Waals surface area contributed by atoms with Gasteiger partial charge in [0, 0.05) is 17.1 Å². The van der Waals surface area contributed by atoms with Crippen LogP contribution in [0.2, 0.25) is 0 Å². The highest BCUT2D eigenvalue weighted by Crippen LogP contribution is 2.47. The molecule has 198 valence electrons. The highest BCUT2D eigenvalue weighted by molar-refractivity contribution is 7.52. The van der Waals surface area contributed by atoms with Gasteiger partial charge in [0.15, 0.2) is 12.5 Å². The molecule has 2 aromatic carbocycles. The van der Waals surface area contributed by atoms with Gasteiger partial charge in [-0.3, -0.25) is 23.7 Å². The molecule has 1 fully saturated rings. The predicted molar refractivity (Wildman–Crippen MR) is 133 cm³/mol. The molecular formula is C24H28N3O9P. The van der Waals surface area contributed by atoms with Crippen LogP contribution in [0.1, 0.15) is 25.6 Å². The Morgan fingerprint density at radius 2 is 2.00 bits per heavy atom. The van der Waals surface area contributed by atoms with Crippen molar-refractivity contribution >= 4 is 24.5 Å². The van der Waals surface area contributed by atoms with Crippen LogP contribution in [0.15, 0.2) is 58.3 Å². The number of ether oxygens (including phenoxy) is 3. The number of rotatable bonds is 10. The fraction of sp³-hybridized carbons (Fsp3) is 0.375. The molecule has 1 aliphatic heterocycles. The van der Waals surface area contributed by atoms with Crippen molar-refractivity contribution in [3.8, 4) is 5.75 Å². The highest BCUT2D eigenvalue weighted by atomic mass is 31.2. The summed E-state index contributed by atoms with van der Waals surface area (Å²) in [5.41, 5.74) is -0.818. The second kappa shape index (κ2) is 11.4. The first-order chi connectivity index (χ1) is 17.7. The van der Waals surface area contributed by atoms with Gasteiger partial charge in [0.2, 0.25) is 0 Å². The number of nitrogens with one attached hydrogen (secondary N) is 2. The van der Waals surface area contributed by atoms with Crippen LogP contribution in [0.4, 0.5) is 0 Å². The quantitative estimate of drug-likeness (QED) is 0.294.